The van der Waals surface area contributed by atoms with E-state index in [4.69, 9.17) is 9.47 Å². The topological polar surface area (TPSA) is 50.8 Å². The van der Waals surface area contributed by atoms with E-state index in [2.05, 4.69) is 17.1 Å². The fraction of sp³-hybridized carbons (Fsp3) is 0.588. The number of carbonyl (C=O) groups is 1. The van der Waals surface area contributed by atoms with E-state index in [1.165, 1.54) is 12.8 Å². The molecule has 0 radical (unpaired) electrons. The molecule has 1 fully saturated rings. The molecule has 1 aliphatic rings. The molecular weight excluding hydrogens is 280 g/mol. The van der Waals surface area contributed by atoms with Gasteiger partial charge in [0.25, 0.3) is 0 Å². The van der Waals surface area contributed by atoms with Crippen LogP contribution in [0.15, 0.2) is 24.3 Å². The molecule has 2 rings (SSSR count). The lowest BCUT2D eigenvalue weighted by Gasteiger charge is -2.30. The maximum absolute atomic E-state index is 11.9. The summed E-state index contributed by atoms with van der Waals surface area (Å²) in [4.78, 5) is 14.1. The van der Waals surface area contributed by atoms with Crippen LogP contribution >= 0.6 is 0 Å². The van der Waals surface area contributed by atoms with E-state index in [1.54, 1.807) is 7.11 Å². The van der Waals surface area contributed by atoms with Crippen LogP contribution in [-0.2, 0) is 4.79 Å². The highest BCUT2D eigenvalue weighted by molar-refractivity contribution is 5.78. The predicted octanol–water partition coefficient (Wildman–Crippen LogP) is 1.92. The fourth-order valence-corrected chi connectivity index (χ4v) is 2.72. The van der Waals surface area contributed by atoms with Crippen molar-refractivity contribution < 1.29 is 14.3 Å². The molecule has 1 unspecified atom stereocenters. The zero-order valence-electron chi connectivity index (χ0n) is 13.5. The molecule has 1 N–H and O–H groups in total. The van der Waals surface area contributed by atoms with Gasteiger partial charge in [-0.1, -0.05) is 6.92 Å². The third-order valence-corrected chi connectivity index (χ3v) is 3.86. The number of ether oxygens (including phenoxy) is 2. The average Bonchev–Trinajstić information content (AvgIpc) is 2.52. The van der Waals surface area contributed by atoms with E-state index >= 15 is 0 Å². The van der Waals surface area contributed by atoms with Gasteiger partial charge in [-0.2, -0.15) is 0 Å². The number of likely N-dealkylation sites (tertiary alicyclic amines) is 1. The maximum Gasteiger partial charge on any atom is 0.234 e. The second-order valence-corrected chi connectivity index (χ2v) is 5.86. The van der Waals surface area contributed by atoms with Crippen LogP contribution in [0.2, 0.25) is 0 Å². The number of methoxy groups -OCH3 is 1. The molecule has 0 saturated carbocycles. The Labute approximate surface area is 132 Å². The van der Waals surface area contributed by atoms with Gasteiger partial charge < -0.3 is 14.8 Å². The Morgan fingerprint density at radius 1 is 1.32 bits per heavy atom. The van der Waals surface area contributed by atoms with Gasteiger partial charge >= 0.3 is 0 Å². The number of hydrogen-bond acceptors (Lipinski definition) is 4. The van der Waals surface area contributed by atoms with Crippen LogP contribution in [0.4, 0.5) is 0 Å². The molecule has 1 aliphatic heterocycles. The number of nitrogens with zero attached hydrogens (tertiary/aromatic N) is 1. The van der Waals surface area contributed by atoms with E-state index < -0.39 is 0 Å². The van der Waals surface area contributed by atoms with Crippen LogP contribution in [0.5, 0.6) is 11.5 Å². The molecule has 5 nitrogen and oxygen atoms in total. The number of hydrogen-bond donors (Lipinski definition) is 1. The molecule has 22 heavy (non-hydrogen) atoms. The first-order valence-corrected chi connectivity index (χ1v) is 7.93. The molecular formula is C17H26N2O3. The van der Waals surface area contributed by atoms with Crippen molar-refractivity contribution >= 4 is 5.91 Å². The van der Waals surface area contributed by atoms with E-state index in [9.17, 15) is 4.79 Å². The Morgan fingerprint density at radius 2 is 2.05 bits per heavy atom. The third kappa shape index (κ3) is 5.56. The zero-order valence-corrected chi connectivity index (χ0v) is 13.5. The van der Waals surface area contributed by atoms with Crippen molar-refractivity contribution in [2.24, 2.45) is 5.92 Å². The molecule has 0 aliphatic carbocycles. The Morgan fingerprint density at radius 3 is 2.73 bits per heavy atom. The molecule has 1 atom stereocenters. The normalized spacial score (nSPS) is 18.7. The highest BCUT2D eigenvalue weighted by Gasteiger charge is 2.18. The van der Waals surface area contributed by atoms with Crippen LogP contribution in [0, 0.1) is 5.92 Å². The lowest BCUT2D eigenvalue weighted by atomic mass is 10.0. The minimum Gasteiger partial charge on any atom is -0.497 e. The van der Waals surface area contributed by atoms with Gasteiger partial charge in [0.1, 0.15) is 18.1 Å². The molecule has 0 bridgehead atoms. The molecule has 1 heterocycles. The molecule has 5 heteroatoms. The second-order valence-electron chi connectivity index (χ2n) is 5.86. The summed E-state index contributed by atoms with van der Waals surface area (Å²) < 4.78 is 10.7. The Hall–Kier alpha value is -1.75. The molecule has 1 amide bonds. The van der Waals surface area contributed by atoms with Crippen LogP contribution < -0.4 is 14.8 Å². The molecule has 1 saturated heterocycles. The monoisotopic (exact) mass is 306 g/mol. The van der Waals surface area contributed by atoms with E-state index in [1.807, 2.05) is 24.3 Å². The summed E-state index contributed by atoms with van der Waals surface area (Å²) in [7, 11) is 1.63. The summed E-state index contributed by atoms with van der Waals surface area (Å²) in [5.74, 6) is 2.35. The number of nitrogens with one attached hydrogen (secondary N) is 1. The van der Waals surface area contributed by atoms with E-state index in [0.29, 0.717) is 25.6 Å². The van der Waals surface area contributed by atoms with E-state index in [-0.39, 0.29) is 5.91 Å². The molecule has 1 aromatic carbocycles. The van der Waals surface area contributed by atoms with Gasteiger partial charge in [-0.3, -0.25) is 9.69 Å². The summed E-state index contributed by atoms with van der Waals surface area (Å²) in [6.45, 7) is 5.78. The number of piperidine rings is 1. The second kappa shape index (κ2) is 8.63. The zero-order chi connectivity index (χ0) is 15.8. The lowest BCUT2D eigenvalue weighted by Crippen LogP contribution is -2.42. The Kier molecular flexibility index (Phi) is 6.52. The van der Waals surface area contributed by atoms with Crippen LogP contribution in [0.25, 0.3) is 0 Å². The minimum atomic E-state index is 0.0763. The van der Waals surface area contributed by atoms with Gasteiger partial charge in [0.2, 0.25) is 5.91 Å². The number of rotatable bonds is 7. The Bertz CT molecular complexity index is 461. The van der Waals surface area contributed by atoms with E-state index in [0.717, 1.165) is 24.6 Å². The summed E-state index contributed by atoms with van der Waals surface area (Å²) in [5.41, 5.74) is 0. The smallest absolute Gasteiger partial charge is 0.234 e. The highest BCUT2D eigenvalue weighted by Crippen LogP contribution is 2.16. The predicted molar refractivity (Wildman–Crippen MR) is 86.3 cm³/mol. The third-order valence-electron chi connectivity index (χ3n) is 3.86. The van der Waals surface area contributed by atoms with Crippen LogP contribution in [-0.4, -0.2) is 50.7 Å². The van der Waals surface area contributed by atoms with Crippen molar-refractivity contribution in [3.8, 4) is 11.5 Å². The molecule has 122 valence electrons. The van der Waals surface area contributed by atoms with Gasteiger partial charge in [-0.05, 0) is 49.6 Å². The largest absolute Gasteiger partial charge is 0.497 e. The first-order chi connectivity index (χ1) is 10.7. The van der Waals surface area contributed by atoms with Crippen molar-refractivity contribution in [3.05, 3.63) is 24.3 Å². The quantitative estimate of drug-likeness (QED) is 0.782. The molecule has 1 aromatic rings. The summed E-state index contributed by atoms with van der Waals surface area (Å²) in [5, 5.41) is 2.91. The van der Waals surface area contributed by atoms with Crippen molar-refractivity contribution in [1.29, 1.82) is 0 Å². The van der Waals surface area contributed by atoms with Crippen molar-refractivity contribution in [3.63, 3.8) is 0 Å². The average molecular weight is 306 g/mol. The van der Waals surface area contributed by atoms with Gasteiger partial charge in [0.15, 0.2) is 0 Å². The van der Waals surface area contributed by atoms with Crippen molar-refractivity contribution in [2.45, 2.75) is 19.8 Å². The van der Waals surface area contributed by atoms with Gasteiger partial charge in [0.05, 0.1) is 20.2 Å². The van der Waals surface area contributed by atoms with Gasteiger partial charge in [-0.25, -0.2) is 0 Å². The molecule has 0 aromatic heterocycles. The standard InChI is InChI=1S/C17H26N2O3/c1-14-4-3-10-19(12-14)13-17(20)18-9-11-22-16-7-5-15(21-2)6-8-16/h5-8,14H,3-4,9-13H2,1-2H3,(H,18,20). The summed E-state index contributed by atoms with van der Waals surface area (Å²) in [6, 6.07) is 7.42. The van der Waals surface area contributed by atoms with Gasteiger partial charge in [0, 0.05) is 6.54 Å². The van der Waals surface area contributed by atoms with Crippen LogP contribution in [0.3, 0.4) is 0 Å². The first kappa shape index (κ1) is 16.6. The first-order valence-electron chi connectivity index (χ1n) is 7.93. The molecule has 0 spiro atoms. The number of benzene rings is 1. The SMILES string of the molecule is COc1ccc(OCCNC(=O)CN2CCCC(C)C2)cc1. The highest BCUT2D eigenvalue weighted by atomic mass is 16.5. The summed E-state index contributed by atoms with van der Waals surface area (Å²) >= 11 is 0. The summed E-state index contributed by atoms with van der Waals surface area (Å²) in [6.07, 6.45) is 2.46. The number of amides is 1. The Balaban J connectivity index is 1.60. The maximum atomic E-state index is 11.9. The minimum absolute atomic E-state index is 0.0763. The van der Waals surface area contributed by atoms with Crippen LogP contribution in [0.1, 0.15) is 19.8 Å². The van der Waals surface area contributed by atoms with Gasteiger partial charge in [-0.15, -0.1) is 0 Å². The lowest BCUT2D eigenvalue weighted by molar-refractivity contribution is -0.122. The van der Waals surface area contributed by atoms with Crippen molar-refractivity contribution in [1.82, 2.24) is 10.2 Å². The fourth-order valence-electron chi connectivity index (χ4n) is 2.72. The number of carbonyl (C=O) groups excluding carboxylic acids is 1. The van der Waals surface area contributed by atoms with Crippen molar-refractivity contribution in [2.75, 3.05) is 39.9 Å².